The predicted octanol–water partition coefficient (Wildman–Crippen LogP) is 16.7. The first-order valence-corrected chi connectivity index (χ1v) is 27.3. The SMILES string of the molecule is OC(OC(c1cccnc1)(c1c(-c2ccc(Cl)cc2)ccn1-c1cccc(Cl)c1)C(O)(c1cccnc1)c1c(-c2cccc(Cl)c2)ccn1-c1cccc(Cl)c1)(c1cccnc1)c1c(-c2ccccc2F)ccn1-c1cccc(Cl)c1. The van der Waals surface area contributed by atoms with Gasteiger partial charge in [-0.25, -0.2) is 4.39 Å². The van der Waals surface area contributed by atoms with Crippen LogP contribution in [-0.4, -0.2) is 38.9 Å². The zero-order chi connectivity index (χ0) is 55.9. The summed E-state index contributed by atoms with van der Waals surface area (Å²) in [6.07, 6.45) is 14.8. The summed E-state index contributed by atoms with van der Waals surface area (Å²) < 4.78 is 30.7. The van der Waals surface area contributed by atoms with Gasteiger partial charge in [0.05, 0.1) is 17.1 Å². The smallest absolute Gasteiger partial charge is 0.239 e. The number of ether oxygens (including phenoxy) is 1. The van der Waals surface area contributed by atoms with Gasteiger partial charge in [-0.1, -0.05) is 137 Å². The highest BCUT2D eigenvalue weighted by atomic mass is 35.5. The number of hydrogen-bond acceptors (Lipinski definition) is 6. The second-order valence-electron chi connectivity index (χ2n) is 19.1. The fourth-order valence-corrected chi connectivity index (χ4v) is 11.8. The lowest BCUT2D eigenvalue weighted by atomic mass is 9.67. The Labute approximate surface area is 490 Å². The summed E-state index contributed by atoms with van der Waals surface area (Å²) in [6.45, 7) is 0. The number of halogens is 6. The first-order valence-electron chi connectivity index (χ1n) is 25.4. The van der Waals surface area contributed by atoms with Gasteiger partial charge in [-0.05, 0) is 132 Å². The minimum atomic E-state index is -2.84. The Morgan fingerprint density at radius 1 is 0.383 bits per heavy atom. The molecule has 398 valence electrons. The molecule has 0 amide bonds. The van der Waals surface area contributed by atoms with Gasteiger partial charge in [-0.15, -0.1) is 0 Å². The highest BCUT2D eigenvalue weighted by Crippen LogP contribution is 2.60. The maximum Gasteiger partial charge on any atom is 0.239 e. The second kappa shape index (κ2) is 22.1. The van der Waals surface area contributed by atoms with Gasteiger partial charge in [0, 0.05) is 137 Å². The van der Waals surface area contributed by atoms with Crippen molar-refractivity contribution in [2.45, 2.75) is 17.0 Å². The Hall–Kier alpha value is -8.13. The third kappa shape index (κ3) is 9.63. The number of aromatic nitrogens is 6. The lowest BCUT2D eigenvalue weighted by Crippen LogP contribution is -2.58. The van der Waals surface area contributed by atoms with Crippen molar-refractivity contribution in [1.82, 2.24) is 28.7 Å². The first kappa shape index (κ1) is 53.5. The largest absolute Gasteiger partial charge is 0.375 e. The van der Waals surface area contributed by atoms with Crippen LogP contribution in [0, 0.1) is 5.82 Å². The number of pyridine rings is 3. The highest BCUT2D eigenvalue weighted by molar-refractivity contribution is 6.32. The fraction of sp³-hybridized carbons (Fsp3) is 0.0455. The monoisotopic (exact) mass is 1160 g/mol. The molecule has 6 heterocycles. The third-order valence-corrected chi connectivity index (χ3v) is 15.6. The minimum absolute atomic E-state index is 0.00105. The lowest BCUT2D eigenvalue weighted by Gasteiger charge is -2.52. The normalized spacial score (nSPS) is 13.8. The number of benzene rings is 6. The summed E-state index contributed by atoms with van der Waals surface area (Å²) in [5.74, 6) is -3.43. The molecular formula is C66H44Cl5FN6O3. The van der Waals surface area contributed by atoms with Gasteiger partial charge in [0.2, 0.25) is 5.79 Å². The van der Waals surface area contributed by atoms with Crippen LogP contribution in [0.3, 0.4) is 0 Å². The summed E-state index contributed by atoms with van der Waals surface area (Å²) in [5.41, 5.74) is -0.290. The van der Waals surface area contributed by atoms with Crippen molar-refractivity contribution in [2.75, 3.05) is 0 Å². The van der Waals surface area contributed by atoms with Gasteiger partial charge in [0.1, 0.15) is 5.82 Å². The molecule has 2 N–H and O–H groups in total. The standard InChI is InChI=1S/C66H44Cl5FN6O3/c67-48-25-23-43(24-26-48)56-27-34-77(54-19-5-16-51(70)38-54)62(56)65(46-12-8-31-74-41-46,64(79,45-11-7-30-73-40-45)61-57(44-10-3-14-49(68)36-44)28-33-76(61)53-18-4-15-50(69)37-53)81-66(80,47-13-9-32-75-42-47)63-59(58-21-1-2-22-60(58)72)29-35-78(63)55-20-6-17-52(71)39-55/h1-42,79-80H. The predicted molar refractivity (Wildman–Crippen MR) is 319 cm³/mol. The van der Waals surface area contributed by atoms with Crippen molar-refractivity contribution < 1.29 is 19.3 Å². The molecule has 15 heteroatoms. The van der Waals surface area contributed by atoms with E-state index in [1.807, 2.05) is 88.3 Å². The highest BCUT2D eigenvalue weighted by Gasteiger charge is 2.65. The molecule has 9 nitrogen and oxygen atoms in total. The van der Waals surface area contributed by atoms with E-state index in [4.69, 9.17) is 72.7 Å². The number of aliphatic hydroxyl groups is 2. The summed E-state index contributed by atoms with van der Waals surface area (Å²) in [7, 11) is 0. The van der Waals surface area contributed by atoms with Crippen LogP contribution in [-0.2, 0) is 21.7 Å². The Morgan fingerprint density at radius 2 is 0.852 bits per heavy atom. The topological polar surface area (TPSA) is 103 Å². The van der Waals surface area contributed by atoms with Crippen molar-refractivity contribution >= 4 is 58.0 Å². The lowest BCUT2D eigenvalue weighted by molar-refractivity contribution is -0.290. The molecule has 0 bridgehead atoms. The molecule has 0 aliphatic heterocycles. The Bertz CT molecular complexity index is 4170. The molecular weight excluding hydrogens is 1120 g/mol. The van der Waals surface area contributed by atoms with E-state index in [1.165, 1.54) is 12.3 Å². The first-order chi connectivity index (χ1) is 39.4. The van der Waals surface area contributed by atoms with E-state index in [0.29, 0.717) is 64.4 Å². The number of nitrogens with zero attached hydrogens (tertiary/aromatic N) is 6. The summed E-state index contributed by atoms with van der Waals surface area (Å²) in [5, 5.41) is 33.5. The van der Waals surface area contributed by atoms with Crippen molar-refractivity contribution in [2.24, 2.45) is 0 Å². The van der Waals surface area contributed by atoms with Gasteiger partial charge in [-0.3, -0.25) is 15.0 Å². The van der Waals surface area contributed by atoms with Crippen LogP contribution in [0.5, 0.6) is 0 Å². The zero-order valence-electron chi connectivity index (χ0n) is 42.5. The Balaban J connectivity index is 1.36. The van der Waals surface area contributed by atoms with Gasteiger partial charge in [0.15, 0.2) is 11.2 Å². The van der Waals surface area contributed by atoms with E-state index in [1.54, 1.807) is 169 Å². The molecule has 12 rings (SSSR count). The van der Waals surface area contributed by atoms with Crippen LogP contribution in [0.1, 0.15) is 33.8 Å². The molecule has 6 aromatic heterocycles. The molecule has 0 saturated carbocycles. The zero-order valence-corrected chi connectivity index (χ0v) is 46.3. The molecule has 0 radical (unpaired) electrons. The van der Waals surface area contributed by atoms with E-state index in [2.05, 4.69) is 4.98 Å². The van der Waals surface area contributed by atoms with E-state index < -0.39 is 22.8 Å². The summed E-state index contributed by atoms with van der Waals surface area (Å²) >= 11 is 34.3. The van der Waals surface area contributed by atoms with E-state index in [-0.39, 0.29) is 44.9 Å². The molecule has 0 aliphatic carbocycles. The van der Waals surface area contributed by atoms with E-state index in [9.17, 15) is 0 Å². The van der Waals surface area contributed by atoms with Crippen LogP contribution in [0.25, 0.3) is 50.4 Å². The van der Waals surface area contributed by atoms with Crippen LogP contribution in [0.15, 0.2) is 256 Å². The molecule has 12 aromatic rings. The Morgan fingerprint density at radius 3 is 1.37 bits per heavy atom. The molecule has 3 atom stereocenters. The Kier molecular flexibility index (Phi) is 14.6. The molecule has 0 aliphatic rings. The molecule has 3 unspecified atom stereocenters. The molecule has 81 heavy (non-hydrogen) atoms. The third-order valence-electron chi connectivity index (χ3n) is 14.4. The minimum Gasteiger partial charge on any atom is -0.375 e. The molecule has 0 fully saturated rings. The molecule has 0 spiro atoms. The maximum absolute atomic E-state index is 16.9. The van der Waals surface area contributed by atoms with Crippen LogP contribution in [0.4, 0.5) is 4.39 Å². The quantitative estimate of drug-likeness (QED) is 0.0992. The average Bonchev–Trinajstić information content (AvgIpc) is 2.31. The number of rotatable bonds is 15. The van der Waals surface area contributed by atoms with Crippen molar-refractivity contribution in [1.29, 1.82) is 0 Å². The van der Waals surface area contributed by atoms with Gasteiger partial charge in [0.25, 0.3) is 0 Å². The van der Waals surface area contributed by atoms with Crippen LogP contribution in [0.2, 0.25) is 25.1 Å². The number of hydrogen-bond donors (Lipinski definition) is 2. The van der Waals surface area contributed by atoms with Crippen LogP contribution < -0.4 is 0 Å². The summed E-state index contributed by atoms with van der Waals surface area (Å²) in [4.78, 5) is 14.2. The van der Waals surface area contributed by atoms with Crippen molar-refractivity contribution in [3.63, 3.8) is 0 Å². The molecule has 6 aromatic carbocycles. The maximum atomic E-state index is 16.9. The van der Waals surface area contributed by atoms with Gasteiger partial charge in [-0.2, -0.15) is 0 Å². The fourth-order valence-electron chi connectivity index (χ4n) is 10.9. The van der Waals surface area contributed by atoms with Crippen molar-refractivity contribution in [3.8, 4) is 50.4 Å². The van der Waals surface area contributed by atoms with E-state index >= 15 is 14.6 Å². The second-order valence-corrected chi connectivity index (χ2v) is 21.3. The average molecular weight is 1170 g/mol. The summed E-state index contributed by atoms with van der Waals surface area (Å²) in [6, 6.07) is 58.0. The van der Waals surface area contributed by atoms with Crippen LogP contribution >= 0.6 is 58.0 Å². The molecule has 0 saturated heterocycles. The van der Waals surface area contributed by atoms with Gasteiger partial charge >= 0.3 is 0 Å². The van der Waals surface area contributed by atoms with Crippen molar-refractivity contribution in [3.05, 3.63) is 321 Å². The van der Waals surface area contributed by atoms with Gasteiger partial charge < -0.3 is 28.7 Å². The van der Waals surface area contributed by atoms with E-state index in [0.717, 1.165) is 0 Å².